The minimum Gasteiger partial charge on any atom is -0.383 e. The van der Waals surface area contributed by atoms with Crippen LogP contribution in [-0.2, 0) is 11.3 Å². The second kappa shape index (κ2) is 7.42. The first kappa shape index (κ1) is 14.2. The largest absolute Gasteiger partial charge is 0.383 e. The lowest BCUT2D eigenvalue weighted by Crippen LogP contribution is -1.98. The molecule has 0 radical (unpaired) electrons. The smallest absolute Gasteiger partial charge is 0.205 e. The van der Waals surface area contributed by atoms with Crippen LogP contribution in [-0.4, -0.2) is 17.8 Å². The van der Waals surface area contributed by atoms with Crippen LogP contribution in [0, 0.1) is 0 Å². The van der Waals surface area contributed by atoms with Gasteiger partial charge in [-0.05, 0) is 5.56 Å². The Hall–Kier alpha value is -2.18. The predicted octanol–water partition coefficient (Wildman–Crippen LogP) is 2.87. The maximum absolute atomic E-state index is 5.54. The van der Waals surface area contributed by atoms with Gasteiger partial charge < -0.3 is 10.5 Å². The molecule has 2 rings (SSSR count). The third-order valence-corrected chi connectivity index (χ3v) is 3.20. The van der Waals surface area contributed by atoms with E-state index < -0.39 is 0 Å². The molecule has 0 saturated heterocycles. The molecule has 0 aliphatic rings. The first-order valence-corrected chi connectivity index (χ1v) is 6.94. The maximum Gasteiger partial charge on any atom is 0.205 e. The molecule has 104 valence electrons. The van der Waals surface area contributed by atoms with E-state index in [0.29, 0.717) is 24.2 Å². The summed E-state index contributed by atoms with van der Waals surface area (Å²) in [6, 6.07) is 7.92. The average Bonchev–Trinajstić information content (AvgIpc) is 2.86. The molecule has 0 spiro atoms. The van der Waals surface area contributed by atoms with E-state index in [9.17, 15) is 0 Å². The molecule has 1 aromatic carbocycles. The molecule has 1 aromatic heterocycles. The number of hydrazone groups is 1. The second-order valence-corrected chi connectivity index (χ2v) is 4.81. The highest BCUT2D eigenvalue weighted by Gasteiger charge is 1.99. The highest BCUT2D eigenvalue weighted by Crippen LogP contribution is 2.16. The summed E-state index contributed by atoms with van der Waals surface area (Å²) in [5.74, 6) is 0.492. The van der Waals surface area contributed by atoms with Gasteiger partial charge in [-0.25, -0.2) is 4.98 Å². The minimum absolute atomic E-state index is 0.492. The number of nitrogens with two attached hydrogens (primary N) is 1. The van der Waals surface area contributed by atoms with Crippen LogP contribution in [0.5, 0.6) is 0 Å². The number of thiazole rings is 1. The molecule has 0 aliphatic carbocycles. The molecule has 0 saturated carbocycles. The van der Waals surface area contributed by atoms with Crippen molar-refractivity contribution in [3.8, 4) is 0 Å². The van der Waals surface area contributed by atoms with Crippen LogP contribution < -0.4 is 11.2 Å². The quantitative estimate of drug-likeness (QED) is 0.355. The Morgan fingerprint density at radius 2 is 2.30 bits per heavy atom. The Balaban J connectivity index is 1.99. The van der Waals surface area contributed by atoms with Gasteiger partial charge in [0.1, 0.15) is 5.82 Å². The van der Waals surface area contributed by atoms with E-state index in [4.69, 9.17) is 10.5 Å². The molecular weight excluding hydrogens is 272 g/mol. The number of hydrogen-bond donors (Lipinski definition) is 2. The third-order valence-electron chi connectivity index (χ3n) is 2.43. The van der Waals surface area contributed by atoms with Gasteiger partial charge in [0.25, 0.3) is 0 Å². The van der Waals surface area contributed by atoms with E-state index >= 15 is 0 Å². The SMILES string of the molecule is C=CCOCc1ccccc1C=NNc1nc(N)cs1. The van der Waals surface area contributed by atoms with Gasteiger partial charge in [0, 0.05) is 10.9 Å². The van der Waals surface area contributed by atoms with Gasteiger partial charge >= 0.3 is 0 Å². The fraction of sp³-hybridized carbons (Fsp3) is 0.143. The van der Waals surface area contributed by atoms with Crippen molar-refractivity contribution < 1.29 is 4.74 Å². The lowest BCUT2D eigenvalue weighted by molar-refractivity contribution is 0.149. The normalized spacial score (nSPS) is 10.8. The average molecular weight is 288 g/mol. The molecule has 0 bridgehead atoms. The van der Waals surface area contributed by atoms with E-state index in [-0.39, 0.29) is 0 Å². The summed E-state index contributed by atoms with van der Waals surface area (Å²) in [5.41, 5.74) is 10.4. The molecule has 5 nitrogen and oxygen atoms in total. The Bertz CT molecular complexity index is 594. The molecule has 0 fully saturated rings. The van der Waals surface area contributed by atoms with Crippen molar-refractivity contribution in [2.24, 2.45) is 5.10 Å². The van der Waals surface area contributed by atoms with Gasteiger partial charge in [0.15, 0.2) is 0 Å². The Morgan fingerprint density at radius 1 is 1.45 bits per heavy atom. The number of ether oxygens (including phenoxy) is 1. The number of anilines is 2. The van der Waals surface area contributed by atoms with Crippen molar-refractivity contribution >= 4 is 28.5 Å². The maximum atomic E-state index is 5.54. The van der Waals surface area contributed by atoms with Crippen LogP contribution in [0.1, 0.15) is 11.1 Å². The van der Waals surface area contributed by atoms with Crippen LogP contribution in [0.15, 0.2) is 47.4 Å². The van der Waals surface area contributed by atoms with Crippen molar-refractivity contribution in [1.29, 1.82) is 0 Å². The molecule has 0 atom stereocenters. The van der Waals surface area contributed by atoms with Crippen LogP contribution in [0.4, 0.5) is 10.9 Å². The summed E-state index contributed by atoms with van der Waals surface area (Å²) in [7, 11) is 0. The predicted molar refractivity (Wildman–Crippen MR) is 84.0 cm³/mol. The number of hydrogen-bond acceptors (Lipinski definition) is 6. The molecule has 2 aromatic rings. The van der Waals surface area contributed by atoms with Gasteiger partial charge in [-0.2, -0.15) is 5.10 Å². The first-order chi connectivity index (χ1) is 9.79. The van der Waals surface area contributed by atoms with E-state index in [0.717, 1.165) is 11.1 Å². The molecule has 1 heterocycles. The third kappa shape index (κ3) is 4.18. The van der Waals surface area contributed by atoms with Gasteiger partial charge in [0.05, 0.1) is 19.4 Å². The zero-order valence-corrected chi connectivity index (χ0v) is 11.8. The van der Waals surface area contributed by atoms with Crippen LogP contribution in [0.2, 0.25) is 0 Å². The molecule has 0 aliphatic heterocycles. The minimum atomic E-state index is 0.492. The van der Waals surface area contributed by atoms with Gasteiger partial charge in [-0.1, -0.05) is 30.3 Å². The van der Waals surface area contributed by atoms with E-state index in [1.54, 1.807) is 17.7 Å². The van der Waals surface area contributed by atoms with Crippen molar-refractivity contribution in [3.63, 3.8) is 0 Å². The number of nitrogens with one attached hydrogen (secondary N) is 1. The Labute approximate surface area is 121 Å². The van der Waals surface area contributed by atoms with Gasteiger partial charge in [-0.15, -0.1) is 17.9 Å². The number of aromatic nitrogens is 1. The molecular formula is C14H16N4OS. The molecule has 3 N–H and O–H groups in total. The summed E-state index contributed by atoms with van der Waals surface area (Å²) >= 11 is 1.41. The summed E-state index contributed by atoms with van der Waals surface area (Å²) in [6.45, 7) is 4.68. The van der Waals surface area contributed by atoms with Crippen molar-refractivity contribution in [2.75, 3.05) is 17.8 Å². The highest BCUT2D eigenvalue weighted by atomic mass is 32.1. The van der Waals surface area contributed by atoms with E-state index in [1.807, 2.05) is 24.3 Å². The molecule has 0 amide bonds. The summed E-state index contributed by atoms with van der Waals surface area (Å²) in [6.07, 6.45) is 3.47. The first-order valence-electron chi connectivity index (χ1n) is 6.06. The zero-order chi connectivity index (χ0) is 14.2. The molecule has 20 heavy (non-hydrogen) atoms. The second-order valence-electron chi connectivity index (χ2n) is 3.95. The van der Waals surface area contributed by atoms with Crippen LogP contribution in [0.25, 0.3) is 0 Å². The lowest BCUT2D eigenvalue weighted by atomic mass is 10.1. The van der Waals surface area contributed by atoms with Crippen LogP contribution in [0.3, 0.4) is 0 Å². The van der Waals surface area contributed by atoms with E-state index in [2.05, 4.69) is 22.1 Å². The van der Waals surface area contributed by atoms with Crippen molar-refractivity contribution in [1.82, 2.24) is 4.98 Å². The van der Waals surface area contributed by atoms with Gasteiger partial charge in [-0.3, -0.25) is 5.43 Å². The van der Waals surface area contributed by atoms with Crippen LogP contribution >= 0.6 is 11.3 Å². The zero-order valence-electron chi connectivity index (χ0n) is 11.0. The monoisotopic (exact) mass is 288 g/mol. The van der Waals surface area contributed by atoms with Gasteiger partial charge in [0.2, 0.25) is 5.13 Å². The topological polar surface area (TPSA) is 72.5 Å². The fourth-order valence-electron chi connectivity index (χ4n) is 1.54. The molecule has 0 unspecified atom stereocenters. The Kier molecular flexibility index (Phi) is 5.28. The standard InChI is InChI=1S/C14H16N4OS/c1-2-7-19-9-12-6-4-3-5-11(12)8-16-18-14-17-13(15)10-20-14/h2-6,8,10H,1,7,9,15H2,(H,17,18). The number of rotatable bonds is 7. The number of nitrogens with zero attached hydrogens (tertiary/aromatic N) is 2. The fourth-order valence-corrected chi connectivity index (χ4v) is 2.09. The number of nitrogen functional groups attached to an aromatic ring is 1. The number of benzene rings is 1. The lowest BCUT2D eigenvalue weighted by Gasteiger charge is -2.05. The summed E-state index contributed by atoms with van der Waals surface area (Å²) < 4.78 is 5.45. The summed E-state index contributed by atoms with van der Waals surface area (Å²) in [4.78, 5) is 4.06. The van der Waals surface area contributed by atoms with E-state index in [1.165, 1.54) is 11.3 Å². The van der Waals surface area contributed by atoms with Crippen molar-refractivity contribution in [2.45, 2.75) is 6.61 Å². The summed E-state index contributed by atoms with van der Waals surface area (Å²) in [5, 5.41) is 6.58. The van der Waals surface area contributed by atoms with Crippen molar-refractivity contribution in [3.05, 3.63) is 53.4 Å². The Morgan fingerprint density at radius 3 is 3.05 bits per heavy atom. The highest BCUT2D eigenvalue weighted by molar-refractivity contribution is 7.14. The molecule has 6 heteroatoms.